The molecule has 0 saturated heterocycles. The molecule has 0 bridgehead atoms. The number of hydrogen-bond donors (Lipinski definition) is 2. The number of aromatic hydroxyl groups is 1. The van der Waals surface area contributed by atoms with Crippen molar-refractivity contribution in [1.29, 1.82) is 0 Å². The first-order chi connectivity index (χ1) is 8.30. The number of hydrogen-bond acceptors (Lipinski definition) is 2. The van der Waals surface area contributed by atoms with Crippen molar-refractivity contribution in [2.45, 2.75) is 40.0 Å². The molecule has 0 fully saturated rings. The van der Waals surface area contributed by atoms with Crippen LogP contribution in [0.2, 0.25) is 0 Å². The summed E-state index contributed by atoms with van der Waals surface area (Å²) in [6, 6.07) is 5.81. The Labute approximate surface area is 108 Å². The minimum atomic E-state index is -0.0865. The normalized spacial score (nSPS) is 11.8. The largest absolute Gasteiger partial charge is 0.507 e. The van der Waals surface area contributed by atoms with Crippen LogP contribution >= 0.6 is 0 Å². The van der Waals surface area contributed by atoms with Crippen LogP contribution in [0, 0.1) is 13.8 Å². The lowest BCUT2D eigenvalue weighted by atomic mass is 9.85. The van der Waals surface area contributed by atoms with Crippen molar-refractivity contribution in [3.05, 3.63) is 35.2 Å². The van der Waals surface area contributed by atoms with Gasteiger partial charge in [0.15, 0.2) is 0 Å². The average molecular weight is 244 g/mol. The molecule has 3 nitrogen and oxygen atoms in total. The van der Waals surface area contributed by atoms with E-state index in [0.717, 1.165) is 28.3 Å². The number of benzene rings is 1. The van der Waals surface area contributed by atoms with Crippen molar-refractivity contribution in [1.82, 2.24) is 9.97 Å². The maximum absolute atomic E-state index is 10.4. The Hall–Kier alpha value is -1.77. The van der Waals surface area contributed by atoms with E-state index in [1.807, 2.05) is 32.0 Å². The van der Waals surface area contributed by atoms with Crippen LogP contribution in [-0.4, -0.2) is 15.1 Å². The number of imidazole rings is 1. The summed E-state index contributed by atoms with van der Waals surface area (Å²) < 4.78 is 0. The molecule has 18 heavy (non-hydrogen) atoms. The first-order valence-corrected chi connectivity index (χ1v) is 6.16. The first-order valence-electron chi connectivity index (χ1n) is 6.16. The quantitative estimate of drug-likeness (QED) is 0.803. The first kappa shape index (κ1) is 12.7. The number of aromatic amines is 1. The number of para-hydroxylation sites is 1. The van der Waals surface area contributed by atoms with Gasteiger partial charge in [-0.1, -0.05) is 32.9 Å². The summed E-state index contributed by atoms with van der Waals surface area (Å²) in [7, 11) is 0. The molecule has 96 valence electrons. The van der Waals surface area contributed by atoms with Crippen molar-refractivity contribution in [2.75, 3.05) is 0 Å². The van der Waals surface area contributed by atoms with Crippen molar-refractivity contribution in [2.24, 2.45) is 0 Å². The Kier molecular flexibility index (Phi) is 2.93. The predicted molar refractivity (Wildman–Crippen MR) is 73.9 cm³/mol. The second-order valence-corrected chi connectivity index (χ2v) is 5.75. The zero-order valence-electron chi connectivity index (χ0n) is 11.6. The van der Waals surface area contributed by atoms with Gasteiger partial charge in [0.05, 0.1) is 11.3 Å². The number of phenols is 1. The fraction of sp³-hybridized carbons (Fsp3) is 0.400. The van der Waals surface area contributed by atoms with E-state index in [1.165, 1.54) is 0 Å². The van der Waals surface area contributed by atoms with Gasteiger partial charge in [-0.3, -0.25) is 0 Å². The highest BCUT2D eigenvalue weighted by atomic mass is 16.3. The van der Waals surface area contributed by atoms with Crippen LogP contribution in [0.5, 0.6) is 5.75 Å². The van der Waals surface area contributed by atoms with E-state index < -0.39 is 0 Å². The van der Waals surface area contributed by atoms with Gasteiger partial charge in [-0.15, -0.1) is 0 Å². The lowest BCUT2D eigenvalue weighted by Crippen LogP contribution is -2.11. The van der Waals surface area contributed by atoms with Crippen LogP contribution in [0.4, 0.5) is 0 Å². The Bertz CT molecular complexity index is 557. The van der Waals surface area contributed by atoms with E-state index in [9.17, 15) is 5.11 Å². The molecule has 0 amide bonds. The van der Waals surface area contributed by atoms with Gasteiger partial charge in [-0.2, -0.15) is 0 Å². The topological polar surface area (TPSA) is 48.9 Å². The van der Waals surface area contributed by atoms with Gasteiger partial charge in [0.2, 0.25) is 0 Å². The molecule has 1 aromatic carbocycles. The molecule has 0 spiro atoms. The Morgan fingerprint density at radius 3 is 2.33 bits per heavy atom. The van der Waals surface area contributed by atoms with Crippen LogP contribution in [0.15, 0.2) is 18.2 Å². The van der Waals surface area contributed by atoms with Crippen LogP contribution in [0.1, 0.15) is 37.7 Å². The number of phenolic OH excluding ortho intramolecular Hbond substituents is 1. The van der Waals surface area contributed by atoms with Crippen LogP contribution < -0.4 is 0 Å². The SMILES string of the molecule is Cc1nc(-c2cccc(C(C)(C)C)c2O)[nH]c1C. The van der Waals surface area contributed by atoms with E-state index >= 15 is 0 Å². The van der Waals surface area contributed by atoms with Crippen molar-refractivity contribution < 1.29 is 5.11 Å². The second kappa shape index (κ2) is 4.16. The Morgan fingerprint density at radius 2 is 1.83 bits per heavy atom. The number of H-pyrrole nitrogens is 1. The zero-order chi connectivity index (χ0) is 13.5. The summed E-state index contributed by atoms with van der Waals surface area (Å²) in [5.41, 5.74) is 3.61. The number of aryl methyl sites for hydroxylation is 2. The number of nitrogens with one attached hydrogen (secondary N) is 1. The van der Waals surface area contributed by atoms with E-state index in [0.29, 0.717) is 5.75 Å². The van der Waals surface area contributed by atoms with Gasteiger partial charge < -0.3 is 10.1 Å². The maximum Gasteiger partial charge on any atom is 0.141 e. The highest BCUT2D eigenvalue weighted by Crippen LogP contribution is 2.37. The molecule has 3 heteroatoms. The standard InChI is InChI=1S/C15H20N2O/c1-9-10(2)17-14(16-9)11-7-6-8-12(13(11)18)15(3,4)5/h6-8,18H,1-5H3,(H,16,17). The molecule has 1 aromatic heterocycles. The highest BCUT2D eigenvalue weighted by molar-refractivity contribution is 5.67. The highest BCUT2D eigenvalue weighted by Gasteiger charge is 2.21. The van der Waals surface area contributed by atoms with E-state index in [1.54, 1.807) is 0 Å². The molecule has 0 aliphatic rings. The fourth-order valence-electron chi connectivity index (χ4n) is 2.01. The molecule has 1 heterocycles. The van der Waals surface area contributed by atoms with Crippen LogP contribution in [0.3, 0.4) is 0 Å². The van der Waals surface area contributed by atoms with Crippen molar-refractivity contribution in [3.63, 3.8) is 0 Å². The van der Waals surface area contributed by atoms with Crippen LogP contribution in [0.25, 0.3) is 11.4 Å². The summed E-state index contributed by atoms with van der Waals surface area (Å²) in [5.74, 6) is 1.05. The molecular formula is C15H20N2O. The maximum atomic E-state index is 10.4. The van der Waals surface area contributed by atoms with E-state index in [4.69, 9.17) is 0 Å². The summed E-state index contributed by atoms with van der Waals surface area (Å²) in [4.78, 5) is 7.66. The molecule has 0 radical (unpaired) electrons. The monoisotopic (exact) mass is 244 g/mol. The number of aromatic nitrogens is 2. The minimum Gasteiger partial charge on any atom is -0.507 e. The third kappa shape index (κ3) is 2.13. The Morgan fingerprint density at radius 1 is 1.17 bits per heavy atom. The number of rotatable bonds is 1. The Balaban J connectivity index is 2.59. The minimum absolute atomic E-state index is 0.0865. The summed E-state index contributed by atoms with van der Waals surface area (Å²) in [5, 5.41) is 10.4. The molecule has 0 unspecified atom stereocenters. The van der Waals surface area contributed by atoms with Gasteiger partial charge in [-0.25, -0.2) is 4.98 Å². The predicted octanol–water partition coefficient (Wildman–Crippen LogP) is 3.70. The molecule has 0 saturated carbocycles. The third-order valence-electron chi connectivity index (χ3n) is 3.23. The third-order valence-corrected chi connectivity index (χ3v) is 3.23. The summed E-state index contributed by atoms with van der Waals surface area (Å²) >= 11 is 0. The van der Waals surface area contributed by atoms with Crippen molar-refractivity contribution >= 4 is 0 Å². The van der Waals surface area contributed by atoms with Gasteiger partial charge in [0, 0.05) is 5.69 Å². The summed E-state index contributed by atoms with van der Waals surface area (Å²) in [6.45, 7) is 10.2. The molecule has 2 N–H and O–H groups in total. The van der Waals surface area contributed by atoms with Gasteiger partial charge >= 0.3 is 0 Å². The lowest BCUT2D eigenvalue weighted by Gasteiger charge is -2.21. The number of nitrogens with zero attached hydrogens (tertiary/aromatic N) is 1. The van der Waals surface area contributed by atoms with Gasteiger partial charge in [-0.05, 0) is 30.9 Å². The molecule has 0 aliphatic heterocycles. The van der Waals surface area contributed by atoms with E-state index in [-0.39, 0.29) is 5.41 Å². The molecule has 0 aliphatic carbocycles. The fourth-order valence-corrected chi connectivity index (χ4v) is 2.01. The average Bonchev–Trinajstić information content (AvgIpc) is 2.57. The van der Waals surface area contributed by atoms with Crippen molar-refractivity contribution in [3.8, 4) is 17.1 Å². The van der Waals surface area contributed by atoms with Crippen LogP contribution in [-0.2, 0) is 5.41 Å². The molecule has 0 atom stereocenters. The lowest BCUT2D eigenvalue weighted by molar-refractivity contribution is 0.448. The molecule has 2 aromatic rings. The second-order valence-electron chi connectivity index (χ2n) is 5.75. The van der Waals surface area contributed by atoms with Gasteiger partial charge in [0.1, 0.15) is 11.6 Å². The molecule has 2 rings (SSSR count). The smallest absolute Gasteiger partial charge is 0.141 e. The summed E-state index contributed by atoms with van der Waals surface area (Å²) in [6.07, 6.45) is 0. The van der Waals surface area contributed by atoms with E-state index in [2.05, 4.69) is 30.7 Å². The van der Waals surface area contributed by atoms with Gasteiger partial charge in [0.25, 0.3) is 0 Å². The molecular weight excluding hydrogens is 224 g/mol. The zero-order valence-corrected chi connectivity index (χ0v) is 11.6.